The maximum absolute atomic E-state index is 13.0. The van der Waals surface area contributed by atoms with Gasteiger partial charge in [0.15, 0.2) is 10.6 Å². The lowest BCUT2D eigenvalue weighted by atomic mass is 9.98. The maximum Gasteiger partial charge on any atom is 0.328 e. The standard InChI is InChI=1S/C43H41N3O6S2/c1-50-40(48)37(23-28-9-3-2-4-10-28)45-42(49)44-25-33-11-5-6-12-35(33)30-19-21-32(22-20-30)41-51-34(24-38(52-41)31-17-15-29(26-47)16-18-31)27-53-43-46-36-13-7-8-14-39(36)54-43/h2-22,34,37-38,41,47H,23-27H2,1H3,(H2,44,45,49). The van der Waals surface area contributed by atoms with Crippen molar-refractivity contribution in [3.05, 3.63) is 155 Å². The number of para-hydroxylation sites is 1. The molecule has 0 radical (unpaired) electrons. The molecule has 2 heterocycles. The second-order valence-corrected chi connectivity index (χ2v) is 15.3. The summed E-state index contributed by atoms with van der Waals surface area (Å²) in [4.78, 5) is 30.3. The van der Waals surface area contributed by atoms with E-state index in [4.69, 9.17) is 19.2 Å². The molecule has 0 spiro atoms. The van der Waals surface area contributed by atoms with E-state index in [9.17, 15) is 14.7 Å². The molecule has 3 N–H and O–H groups in total. The number of rotatable bonds is 13. The van der Waals surface area contributed by atoms with E-state index >= 15 is 0 Å². The van der Waals surface area contributed by atoms with Crippen LogP contribution in [0, 0.1) is 0 Å². The molecule has 4 unspecified atom stereocenters. The van der Waals surface area contributed by atoms with Gasteiger partial charge in [-0.15, -0.1) is 11.3 Å². The van der Waals surface area contributed by atoms with Gasteiger partial charge in [-0.3, -0.25) is 0 Å². The minimum Gasteiger partial charge on any atom is -0.467 e. The fourth-order valence-electron chi connectivity index (χ4n) is 6.45. The highest BCUT2D eigenvalue weighted by molar-refractivity contribution is 8.01. The van der Waals surface area contributed by atoms with Gasteiger partial charge in [0.05, 0.1) is 36.1 Å². The van der Waals surface area contributed by atoms with Crippen LogP contribution in [0.3, 0.4) is 0 Å². The van der Waals surface area contributed by atoms with Gasteiger partial charge in [-0.05, 0) is 45.5 Å². The van der Waals surface area contributed by atoms with Crippen LogP contribution in [-0.4, -0.2) is 47.1 Å². The van der Waals surface area contributed by atoms with Gasteiger partial charge in [0, 0.05) is 30.7 Å². The highest BCUT2D eigenvalue weighted by atomic mass is 32.2. The number of methoxy groups -OCH3 is 1. The van der Waals surface area contributed by atoms with Gasteiger partial charge in [-0.2, -0.15) is 0 Å². The number of hydrogen-bond donors (Lipinski definition) is 3. The summed E-state index contributed by atoms with van der Waals surface area (Å²) in [7, 11) is 1.31. The van der Waals surface area contributed by atoms with Crippen LogP contribution < -0.4 is 10.6 Å². The quantitative estimate of drug-likeness (QED) is 0.0794. The van der Waals surface area contributed by atoms with Crippen LogP contribution in [0.4, 0.5) is 4.79 Å². The van der Waals surface area contributed by atoms with Crippen molar-refractivity contribution < 1.29 is 28.9 Å². The smallest absolute Gasteiger partial charge is 0.328 e. The fraction of sp³-hybridized carbons (Fsp3) is 0.233. The van der Waals surface area contributed by atoms with Gasteiger partial charge in [-0.1, -0.05) is 127 Å². The Hall–Kier alpha value is -5.04. The first-order valence-corrected chi connectivity index (χ1v) is 19.6. The molecule has 11 heteroatoms. The molecule has 276 valence electrons. The molecule has 1 aromatic heterocycles. The lowest BCUT2D eigenvalue weighted by Gasteiger charge is -2.36. The Morgan fingerprint density at radius 1 is 0.870 bits per heavy atom. The van der Waals surface area contributed by atoms with Crippen LogP contribution in [0.25, 0.3) is 21.3 Å². The van der Waals surface area contributed by atoms with Gasteiger partial charge < -0.3 is 30.0 Å². The molecule has 7 rings (SSSR count). The SMILES string of the molecule is COC(=O)C(Cc1ccccc1)NC(=O)NCc1ccccc1-c1ccc(C2OC(CSc3nc4ccccc4s3)CC(c3ccc(CO)cc3)O2)cc1. The van der Waals surface area contributed by atoms with E-state index < -0.39 is 24.3 Å². The molecule has 1 saturated heterocycles. The van der Waals surface area contributed by atoms with Crippen LogP contribution in [0.15, 0.2) is 132 Å². The Labute approximate surface area is 322 Å². The first-order chi connectivity index (χ1) is 26.4. The van der Waals surface area contributed by atoms with Crippen molar-refractivity contribution in [3.63, 3.8) is 0 Å². The minimum absolute atomic E-state index is 0.0116. The molecule has 1 aliphatic heterocycles. The van der Waals surface area contributed by atoms with Crippen LogP contribution in [0.2, 0.25) is 0 Å². The van der Waals surface area contributed by atoms with Crippen molar-refractivity contribution in [2.24, 2.45) is 0 Å². The number of thiazole rings is 1. The molecule has 0 saturated carbocycles. The summed E-state index contributed by atoms with van der Waals surface area (Å²) in [6.07, 6.45) is 0.132. The molecular weight excluding hydrogens is 719 g/mol. The number of thioether (sulfide) groups is 1. The summed E-state index contributed by atoms with van der Waals surface area (Å²) in [5, 5.41) is 15.3. The zero-order valence-electron chi connectivity index (χ0n) is 29.7. The number of esters is 1. The van der Waals surface area contributed by atoms with Crippen LogP contribution in [0.5, 0.6) is 0 Å². The third-order valence-electron chi connectivity index (χ3n) is 9.31. The number of nitrogens with one attached hydrogen (secondary N) is 2. The zero-order valence-corrected chi connectivity index (χ0v) is 31.4. The Bertz CT molecular complexity index is 2130. The van der Waals surface area contributed by atoms with E-state index in [1.54, 1.807) is 23.1 Å². The molecule has 5 aromatic carbocycles. The molecule has 9 nitrogen and oxygen atoms in total. The number of hydrogen-bond acceptors (Lipinski definition) is 9. The van der Waals surface area contributed by atoms with E-state index in [0.29, 0.717) is 12.8 Å². The van der Waals surface area contributed by atoms with Crippen LogP contribution in [0.1, 0.15) is 46.6 Å². The van der Waals surface area contributed by atoms with Crippen LogP contribution in [-0.2, 0) is 38.6 Å². The average molecular weight is 760 g/mol. The number of urea groups is 1. The molecule has 54 heavy (non-hydrogen) atoms. The maximum atomic E-state index is 13.0. The van der Waals surface area contributed by atoms with E-state index in [-0.39, 0.29) is 25.4 Å². The number of amides is 2. The molecule has 1 fully saturated rings. The number of carbonyl (C=O) groups excluding carboxylic acids is 2. The second kappa shape index (κ2) is 17.9. The second-order valence-electron chi connectivity index (χ2n) is 13.0. The number of aromatic nitrogens is 1. The molecule has 2 amide bonds. The summed E-state index contributed by atoms with van der Waals surface area (Å²) >= 11 is 3.39. The average Bonchev–Trinajstić information content (AvgIpc) is 3.65. The fourth-order valence-corrected chi connectivity index (χ4v) is 8.56. The number of benzene rings is 5. The summed E-state index contributed by atoms with van der Waals surface area (Å²) in [6.45, 7) is 0.241. The number of nitrogens with zero attached hydrogens (tertiary/aromatic N) is 1. The summed E-state index contributed by atoms with van der Waals surface area (Å²) in [5.74, 6) is 0.216. The van der Waals surface area contributed by atoms with Gasteiger partial charge in [0.1, 0.15) is 6.04 Å². The lowest BCUT2D eigenvalue weighted by Crippen LogP contribution is -2.47. The summed E-state index contributed by atoms with van der Waals surface area (Å²) < 4.78 is 20.3. The predicted molar refractivity (Wildman–Crippen MR) is 212 cm³/mol. The minimum atomic E-state index is -0.824. The van der Waals surface area contributed by atoms with Crippen molar-refractivity contribution in [3.8, 4) is 11.1 Å². The van der Waals surface area contributed by atoms with Crippen molar-refractivity contribution in [1.29, 1.82) is 0 Å². The topological polar surface area (TPSA) is 119 Å². The zero-order chi connectivity index (χ0) is 37.3. The number of aliphatic hydroxyl groups is 1. The van der Waals surface area contributed by atoms with Gasteiger partial charge in [0.25, 0.3) is 0 Å². The Morgan fingerprint density at radius 2 is 1.59 bits per heavy atom. The first-order valence-electron chi connectivity index (χ1n) is 17.8. The molecule has 0 aliphatic carbocycles. The third-order valence-corrected chi connectivity index (χ3v) is 11.6. The summed E-state index contributed by atoms with van der Waals surface area (Å²) in [6, 6.07) is 40.3. The third kappa shape index (κ3) is 9.36. The Morgan fingerprint density at radius 3 is 2.35 bits per heavy atom. The molecule has 4 atom stereocenters. The van der Waals surface area contributed by atoms with E-state index in [1.807, 2.05) is 121 Å². The monoisotopic (exact) mass is 759 g/mol. The number of ether oxygens (including phenoxy) is 3. The molecule has 6 aromatic rings. The van der Waals surface area contributed by atoms with E-state index in [0.717, 1.165) is 54.6 Å². The Kier molecular flexibility index (Phi) is 12.3. The van der Waals surface area contributed by atoms with Crippen molar-refractivity contribution in [1.82, 2.24) is 15.6 Å². The first kappa shape index (κ1) is 37.3. The highest BCUT2D eigenvalue weighted by Gasteiger charge is 2.32. The van der Waals surface area contributed by atoms with Gasteiger partial charge in [-0.25, -0.2) is 14.6 Å². The van der Waals surface area contributed by atoms with Crippen LogP contribution >= 0.6 is 23.1 Å². The molecule has 1 aliphatic rings. The largest absolute Gasteiger partial charge is 0.467 e. The van der Waals surface area contributed by atoms with Crippen molar-refractivity contribution >= 4 is 45.3 Å². The van der Waals surface area contributed by atoms with Crippen molar-refractivity contribution in [2.45, 2.75) is 54.9 Å². The Balaban J connectivity index is 1.03. The van der Waals surface area contributed by atoms with Crippen molar-refractivity contribution in [2.75, 3.05) is 12.9 Å². The van der Waals surface area contributed by atoms with E-state index in [1.165, 1.54) is 11.8 Å². The highest BCUT2D eigenvalue weighted by Crippen LogP contribution is 2.41. The van der Waals surface area contributed by atoms with Gasteiger partial charge in [0.2, 0.25) is 0 Å². The lowest BCUT2D eigenvalue weighted by molar-refractivity contribution is -0.245. The van der Waals surface area contributed by atoms with E-state index in [2.05, 4.69) is 16.7 Å². The predicted octanol–water partition coefficient (Wildman–Crippen LogP) is 8.38. The molecular formula is C43H41N3O6S2. The number of carbonyl (C=O) groups is 2. The summed E-state index contributed by atoms with van der Waals surface area (Å²) in [5.41, 5.74) is 7.57. The number of aliphatic hydroxyl groups excluding tert-OH is 1. The molecule has 0 bridgehead atoms. The number of fused-ring (bicyclic) bond motifs is 1. The van der Waals surface area contributed by atoms with Gasteiger partial charge >= 0.3 is 12.0 Å². The normalized spacial score (nSPS) is 17.5.